The van der Waals surface area contributed by atoms with Crippen LogP contribution < -0.4 is 9.81 Å². The summed E-state index contributed by atoms with van der Waals surface area (Å²) in [6.45, 7) is 0. The summed E-state index contributed by atoms with van der Waals surface area (Å²) in [7, 11) is 1.37. The smallest absolute Gasteiger partial charge is 0.147 e. The van der Waals surface area contributed by atoms with Crippen molar-refractivity contribution in [2.75, 3.05) is 0 Å². The van der Waals surface area contributed by atoms with Crippen LogP contribution in [-0.2, 0) is 18.8 Å². The van der Waals surface area contributed by atoms with Gasteiger partial charge in [0.1, 0.15) is 0 Å². The summed E-state index contributed by atoms with van der Waals surface area (Å²) in [6, 6.07) is 34.1. The van der Waals surface area contributed by atoms with E-state index in [9.17, 15) is 0 Å². The Morgan fingerprint density at radius 1 is 0.633 bits per heavy atom. The second-order valence-corrected chi connectivity index (χ2v) is 22.9. The summed E-state index contributed by atoms with van der Waals surface area (Å²) in [5.41, 5.74) is 0. The Kier molecular flexibility index (Phi) is 7.21. The molecule has 1 aliphatic carbocycles. The summed E-state index contributed by atoms with van der Waals surface area (Å²) < 4.78 is 7.80. The number of rotatable bonds is 5. The predicted octanol–water partition coefficient (Wildman–Crippen LogP) is 5.94. The maximum absolute atomic E-state index is 4.25. The quantitative estimate of drug-likeness (QED) is 0.359. The van der Waals surface area contributed by atoms with E-state index in [2.05, 4.69) is 121 Å². The van der Waals surface area contributed by atoms with Crippen LogP contribution in [0.4, 0.5) is 0 Å². The molecule has 0 atom stereocenters. The molecule has 0 spiro atoms. The fourth-order valence-electron chi connectivity index (χ4n) is 5.24. The molecule has 151 valence electrons. The van der Waals surface area contributed by atoms with E-state index in [4.69, 9.17) is 0 Å². The molecule has 0 amide bonds. The minimum atomic E-state index is -4.25. The molecule has 30 heavy (non-hydrogen) atoms. The van der Waals surface area contributed by atoms with Crippen molar-refractivity contribution in [2.45, 2.75) is 6.42 Å². The van der Waals surface area contributed by atoms with Crippen LogP contribution in [0.3, 0.4) is 0 Å². The van der Waals surface area contributed by atoms with Gasteiger partial charge in [0.2, 0.25) is 0 Å². The molecular formula is C26H24Cl2PZr. The summed E-state index contributed by atoms with van der Waals surface area (Å²) in [5.74, 6) is 2.31. The number of benzene rings is 3. The van der Waals surface area contributed by atoms with E-state index in [1.54, 1.807) is 6.28 Å². The van der Waals surface area contributed by atoms with Crippen molar-refractivity contribution < 1.29 is 18.8 Å². The topological polar surface area (TPSA) is 0 Å². The third kappa shape index (κ3) is 3.03. The van der Waals surface area contributed by atoms with Gasteiger partial charge in [0.05, 0.1) is 0 Å². The zero-order chi connectivity index (χ0) is 18.9. The van der Waals surface area contributed by atoms with Crippen molar-refractivity contribution in [3.8, 4) is 0 Å². The monoisotopic (exact) mass is 527 g/mol. The van der Waals surface area contributed by atoms with E-state index in [0.717, 1.165) is 6.42 Å². The molecule has 4 heteroatoms. The molecule has 0 unspecified atom stereocenters. The minimum absolute atomic E-state index is 0. The third-order valence-corrected chi connectivity index (χ3v) is 28.7. The molecule has 2 aliphatic rings. The Morgan fingerprint density at radius 2 is 1.07 bits per heavy atom. The molecule has 0 saturated heterocycles. The van der Waals surface area contributed by atoms with Crippen LogP contribution >= 0.6 is 33.0 Å². The Bertz CT molecular complexity index is 1030. The Labute approximate surface area is 194 Å². The molecule has 5 rings (SSSR count). The van der Waals surface area contributed by atoms with Crippen molar-refractivity contribution in [1.82, 2.24) is 0 Å². The normalized spacial score (nSPS) is 16.1. The molecule has 1 heterocycles. The molecule has 1 aliphatic heterocycles. The van der Waals surface area contributed by atoms with Crippen LogP contribution in [0.2, 0.25) is 0 Å². The summed E-state index contributed by atoms with van der Waals surface area (Å²) in [5, 5.41) is 0. The molecule has 3 aromatic carbocycles. The first-order valence-corrected chi connectivity index (χ1v) is 16.9. The second kappa shape index (κ2) is 9.34. The van der Waals surface area contributed by atoms with Crippen molar-refractivity contribution in [3.63, 3.8) is 0 Å². The van der Waals surface area contributed by atoms with E-state index < -0.39 is 18.8 Å². The van der Waals surface area contributed by atoms with E-state index >= 15 is 0 Å². The van der Waals surface area contributed by atoms with Crippen molar-refractivity contribution in [3.05, 3.63) is 124 Å². The van der Waals surface area contributed by atoms with Crippen LogP contribution in [0, 0.1) is 0 Å². The Hall–Kier alpha value is -1.49. The average Bonchev–Trinajstić information content (AvgIpc) is 3.28. The van der Waals surface area contributed by atoms with Crippen LogP contribution in [0.15, 0.2) is 124 Å². The van der Waals surface area contributed by atoms with Crippen molar-refractivity contribution in [2.24, 2.45) is 0 Å². The average molecular weight is 530 g/mol. The first-order chi connectivity index (χ1) is 13.9. The summed E-state index contributed by atoms with van der Waals surface area (Å²) in [4.78, 5) is 0. The number of allylic oxidation sites excluding steroid dienone is 5. The van der Waals surface area contributed by atoms with Crippen LogP contribution in [-0.4, -0.2) is 3.00 Å². The zero-order valence-corrected chi connectivity index (χ0v) is 21.5. The maximum atomic E-state index is 2.42. The van der Waals surface area contributed by atoms with Gasteiger partial charge < -0.3 is 0 Å². The van der Waals surface area contributed by atoms with Crippen LogP contribution in [0.5, 0.6) is 0 Å². The van der Waals surface area contributed by atoms with Gasteiger partial charge >= 0.3 is 171 Å². The summed E-state index contributed by atoms with van der Waals surface area (Å²) >= 11 is -4.25. The largest absolute Gasteiger partial charge is 0.147 e. The fraction of sp³-hybridized carbons (Fsp3) is 0.0385. The number of hydrogen-bond acceptors (Lipinski definition) is 0. The van der Waals surface area contributed by atoms with Gasteiger partial charge in [-0.1, -0.05) is 0 Å². The number of halogens is 2. The third-order valence-electron chi connectivity index (χ3n) is 6.43. The van der Waals surface area contributed by atoms with Crippen LogP contribution in [0.1, 0.15) is 6.42 Å². The van der Waals surface area contributed by atoms with E-state index in [1.807, 2.05) is 0 Å². The van der Waals surface area contributed by atoms with Gasteiger partial charge in [-0.25, -0.2) is 0 Å². The molecule has 0 fully saturated rings. The van der Waals surface area contributed by atoms with Gasteiger partial charge in [-0.3, -0.25) is 0 Å². The minimum Gasteiger partial charge on any atom is -0.147 e. The van der Waals surface area contributed by atoms with Crippen molar-refractivity contribution in [1.29, 1.82) is 0 Å². The second-order valence-electron chi connectivity index (χ2n) is 7.50. The molecule has 3 aromatic rings. The molecule has 0 radical (unpaired) electrons. The Morgan fingerprint density at radius 3 is 1.37 bits per heavy atom. The SMILES string of the molecule is C1=CC[C]([Zr]([C]2=PC=C2)([c]2ccccc2)([c]2ccccc2)[c]2ccccc2)=C1.Cl.Cl. The number of hydrogen-bond donors (Lipinski definition) is 0. The van der Waals surface area contributed by atoms with E-state index in [1.165, 1.54) is 18.0 Å². The van der Waals surface area contributed by atoms with Crippen LogP contribution in [0.25, 0.3) is 0 Å². The first kappa shape index (κ1) is 23.2. The van der Waals surface area contributed by atoms with E-state index in [-0.39, 0.29) is 24.8 Å². The standard InChI is InChI=1S/3C6H5.C5H5.C3H2P.2ClH.Zr/c3*1-2-4-6-5-3-1;1-2-4-5-3-1;1-2-4-3-1;;;/h3*1-5H;1-3H,4H2;1-2H;2*1H;. The molecular weight excluding hydrogens is 505 g/mol. The van der Waals surface area contributed by atoms with Gasteiger partial charge in [-0.05, 0) is 0 Å². The Balaban J connectivity index is 0.00000128. The fourth-order valence-corrected chi connectivity index (χ4v) is 29.6. The predicted molar refractivity (Wildman–Crippen MR) is 136 cm³/mol. The summed E-state index contributed by atoms with van der Waals surface area (Å²) in [6.07, 6.45) is 10.5. The molecule has 0 N–H and O–H groups in total. The molecule has 0 nitrogen and oxygen atoms in total. The van der Waals surface area contributed by atoms with Crippen molar-refractivity contribution >= 4 is 45.8 Å². The van der Waals surface area contributed by atoms with Gasteiger partial charge in [-0.15, -0.1) is 24.8 Å². The van der Waals surface area contributed by atoms with Gasteiger partial charge in [0.25, 0.3) is 0 Å². The van der Waals surface area contributed by atoms with Gasteiger partial charge in [-0.2, -0.15) is 0 Å². The molecule has 0 saturated carbocycles. The van der Waals surface area contributed by atoms with Gasteiger partial charge in [0, 0.05) is 0 Å². The molecule has 0 bridgehead atoms. The van der Waals surface area contributed by atoms with Gasteiger partial charge in [0.15, 0.2) is 0 Å². The zero-order valence-electron chi connectivity index (χ0n) is 16.5. The maximum Gasteiger partial charge on any atom is -0.147 e. The molecule has 0 aromatic heterocycles. The first-order valence-electron chi connectivity index (χ1n) is 9.80. The van der Waals surface area contributed by atoms with E-state index in [0.29, 0.717) is 0 Å².